The van der Waals surface area contributed by atoms with Crippen molar-refractivity contribution in [2.75, 3.05) is 13.2 Å². The summed E-state index contributed by atoms with van der Waals surface area (Å²) in [5, 5.41) is 0.682. The molecule has 4 nitrogen and oxygen atoms in total. The van der Waals surface area contributed by atoms with Gasteiger partial charge in [0.2, 0.25) is 0 Å². The van der Waals surface area contributed by atoms with Gasteiger partial charge in [-0.3, -0.25) is 0 Å². The van der Waals surface area contributed by atoms with Crippen molar-refractivity contribution in [2.45, 2.75) is 6.42 Å². The van der Waals surface area contributed by atoms with Crippen molar-refractivity contribution in [3.63, 3.8) is 0 Å². The third kappa shape index (κ3) is 3.71. The summed E-state index contributed by atoms with van der Waals surface area (Å²) in [7, 11) is 0. The number of nitrogens with one attached hydrogen (secondary N) is 1. The number of halogens is 2. The van der Waals surface area contributed by atoms with Gasteiger partial charge in [-0.25, -0.2) is 14.8 Å². The zero-order chi connectivity index (χ0) is 12.8. The summed E-state index contributed by atoms with van der Waals surface area (Å²) in [6.45, 7) is 1.56. The molecule has 1 aliphatic heterocycles. The molecule has 1 aliphatic rings. The van der Waals surface area contributed by atoms with Crippen molar-refractivity contribution >= 4 is 23.2 Å². The Morgan fingerprint density at radius 1 is 1.06 bits per heavy atom. The van der Waals surface area contributed by atoms with Crippen LogP contribution in [-0.4, -0.2) is 23.2 Å². The van der Waals surface area contributed by atoms with Crippen LogP contribution in [0.2, 0.25) is 10.3 Å². The third-order valence-corrected chi connectivity index (χ3v) is 2.85. The fourth-order valence-corrected chi connectivity index (χ4v) is 1.62. The average molecular weight is 287 g/mol. The first-order valence-electron chi connectivity index (χ1n) is 5.48. The summed E-state index contributed by atoms with van der Waals surface area (Å²) >= 11 is 11.4. The summed E-state index contributed by atoms with van der Waals surface area (Å²) in [6, 6.07) is 9.67. The van der Waals surface area contributed by atoms with Crippen LogP contribution in [0.25, 0.3) is 11.4 Å². The lowest BCUT2D eigenvalue weighted by molar-refractivity contribution is -0.248. The second kappa shape index (κ2) is 6.75. The minimum atomic E-state index is 0.306. The molecule has 0 atom stereocenters. The Kier molecular flexibility index (Phi) is 5.01. The van der Waals surface area contributed by atoms with E-state index in [0.717, 1.165) is 25.2 Å². The van der Waals surface area contributed by atoms with Crippen LogP contribution < -0.4 is 0 Å². The molecule has 0 bridgehead atoms. The molecule has 1 aromatic heterocycles. The number of imidazole rings is 1. The Bertz CT molecular complexity index is 457. The normalized spacial score (nSPS) is 14.1. The molecule has 1 saturated heterocycles. The van der Waals surface area contributed by atoms with E-state index in [4.69, 9.17) is 23.2 Å². The van der Waals surface area contributed by atoms with E-state index in [1.807, 2.05) is 30.3 Å². The van der Waals surface area contributed by atoms with Gasteiger partial charge in [-0.2, -0.15) is 0 Å². The van der Waals surface area contributed by atoms with Crippen LogP contribution in [0.4, 0.5) is 0 Å². The molecule has 0 spiro atoms. The quantitative estimate of drug-likeness (QED) is 0.813. The maximum Gasteiger partial charge on any atom is 0.166 e. The van der Waals surface area contributed by atoms with Gasteiger partial charge in [0.25, 0.3) is 0 Å². The summed E-state index contributed by atoms with van der Waals surface area (Å²) in [5.74, 6) is 0.690. The fraction of sp³-hybridized carbons (Fsp3) is 0.250. The van der Waals surface area contributed by atoms with E-state index in [1.54, 1.807) is 0 Å². The highest BCUT2D eigenvalue weighted by atomic mass is 35.5. The number of rotatable bonds is 1. The highest BCUT2D eigenvalue weighted by Crippen LogP contribution is 2.23. The SMILES string of the molecule is C1COOC1.Clc1nc(-c2ccccc2)[nH]c1Cl. The smallest absolute Gasteiger partial charge is 0.166 e. The second-order valence-corrected chi connectivity index (χ2v) is 4.29. The number of hydrogen-bond acceptors (Lipinski definition) is 3. The maximum absolute atomic E-state index is 5.73. The number of aromatic amines is 1. The Hall–Kier alpha value is -1.07. The van der Waals surface area contributed by atoms with Gasteiger partial charge in [0, 0.05) is 12.0 Å². The van der Waals surface area contributed by atoms with Crippen LogP contribution in [0, 0.1) is 0 Å². The van der Waals surface area contributed by atoms with Crippen LogP contribution in [0.1, 0.15) is 6.42 Å². The molecule has 0 amide bonds. The molecular weight excluding hydrogens is 275 g/mol. The van der Waals surface area contributed by atoms with Gasteiger partial charge >= 0.3 is 0 Å². The molecule has 18 heavy (non-hydrogen) atoms. The van der Waals surface area contributed by atoms with Gasteiger partial charge in [-0.15, -0.1) is 0 Å². The Balaban J connectivity index is 0.000000202. The van der Waals surface area contributed by atoms with E-state index >= 15 is 0 Å². The number of H-pyrrole nitrogens is 1. The van der Waals surface area contributed by atoms with Crippen molar-refractivity contribution in [3.05, 3.63) is 40.6 Å². The van der Waals surface area contributed by atoms with E-state index in [9.17, 15) is 0 Å². The maximum atomic E-state index is 5.73. The van der Waals surface area contributed by atoms with Crippen LogP contribution in [0.15, 0.2) is 30.3 Å². The fourth-order valence-electron chi connectivity index (χ4n) is 1.36. The van der Waals surface area contributed by atoms with Crippen molar-refractivity contribution in [2.24, 2.45) is 0 Å². The van der Waals surface area contributed by atoms with E-state index in [1.165, 1.54) is 0 Å². The number of hydrogen-bond donors (Lipinski definition) is 1. The first-order valence-corrected chi connectivity index (χ1v) is 6.24. The molecule has 0 saturated carbocycles. The number of benzene rings is 1. The van der Waals surface area contributed by atoms with Gasteiger partial charge in [-0.05, 0) is 0 Å². The van der Waals surface area contributed by atoms with Gasteiger partial charge in [0.15, 0.2) is 5.15 Å². The van der Waals surface area contributed by atoms with E-state index in [-0.39, 0.29) is 0 Å². The first kappa shape index (κ1) is 13.4. The Morgan fingerprint density at radius 3 is 2.17 bits per heavy atom. The molecule has 3 rings (SSSR count). The van der Waals surface area contributed by atoms with Gasteiger partial charge in [0.1, 0.15) is 11.0 Å². The third-order valence-electron chi connectivity index (χ3n) is 2.21. The highest BCUT2D eigenvalue weighted by Gasteiger charge is 2.06. The minimum absolute atomic E-state index is 0.306. The molecule has 96 valence electrons. The molecule has 6 heteroatoms. The van der Waals surface area contributed by atoms with E-state index < -0.39 is 0 Å². The summed E-state index contributed by atoms with van der Waals surface area (Å²) in [6.07, 6.45) is 1.06. The molecule has 0 radical (unpaired) electrons. The lowest BCUT2D eigenvalue weighted by atomic mass is 10.2. The van der Waals surface area contributed by atoms with Crippen LogP contribution in [0.3, 0.4) is 0 Å². The van der Waals surface area contributed by atoms with E-state index in [2.05, 4.69) is 19.7 Å². The summed E-state index contributed by atoms with van der Waals surface area (Å²) in [4.78, 5) is 15.8. The van der Waals surface area contributed by atoms with E-state index in [0.29, 0.717) is 16.1 Å². The number of aromatic nitrogens is 2. The molecule has 1 aromatic carbocycles. The Labute approximate surface area is 115 Å². The van der Waals surface area contributed by atoms with Crippen LogP contribution >= 0.6 is 23.2 Å². The lowest BCUT2D eigenvalue weighted by Gasteiger charge is -1.93. The number of nitrogens with zero attached hydrogens (tertiary/aromatic N) is 1. The van der Waals surface area contributed by atoms with Crippen molar-refractivity contribution in [1.82, 2.24) is 9.97 Å². The monoisotopic (exact) mass is 286 g/mol. The zero-order valence-corrected chi connectivity index (χ0v) is 11.0. The molecule has 1 N–H and O–H groups in total. The van der Waals surface area contributed by atoms with Crippen LogP contribution in [0.5, 0.6) is 0 Å². The van der Waals surface area contributed by atoms with Crippen molar-refractivity contribution in [3.8, 4) is 11.4 Å². The molecule has 2 heterocycles. The van der Waals surface area contributed by atoms with Crippen molar-refractivity contribution < 1.29 is 9.78 Å². The summed E-state index contributed by atoms with van der Waals surface area (Å²) < 4.78 is 0. The zero-order valence-electron chi connectivity index (χ0n) is 9.53. The van der Waals surface area contributed by atoms with Crippen molar-refractivity contribution in [1.29, 1.82) is 0 Å². The topological polar surface area (TPSA) is 47.1 Å². The van der Waals surface area contributed by atoms with Gasteiger partial charge in [0.05, 0.1) is 13.2 Å². The largest absolute Gasteiger partial charge is 0.328 e. The highest BCUT2D eigenvalue weighted by molar-refractivity contribution is 6.40. The second-order valence-electron chi connectivity index (χ2n) is 3.55. The minimum Gasteiger partial charge on any atom is -0.328 e. The molecule has 0 unspecified atom stereocenters. The van der Waals surface area contributed by atoms with Gasteiger partial charge < -0.3 is 4.98 Å². The predicted molar refractivity (Wildman–Crippen MR) is 70.6 cm³/mol. The van der Waals surface area contributed by atoms with Gasteiger partial charge in [-0.1, -0.05) is 53.5 Å². The molecule has 2 aromatic rings. The molecular formula is C12H12Cl2N2O2. The summed E-state index contributed by atoms with van der Waals surface area (Å²) in [5.41, 5.74) is 0.969. The lowest BCUT2D eigenvalue weighted by Crippen LogP contribution is -1.77. The Morgan fingerprint density at radius 2 is 1.72 bits per heavy atom. The van der Waals surface area contributed by atoms with Crippen LogP contribution in [-0.2, 0) is 9.78 Å². The average Bonchev–Trinajstić information content (AvgIpc) is 3.05. The standard InChI is InChI=1S/C9H6Cl2N2.C3H6O2/c10-7-8(11)13-9(12-7)6-4-2-1-3-5-6;1-2-4-5-3-1/h1-5H,(H,12,13);1-3H2. The first-order chi connectivity index (χ1) is 8.77. The molecule has 1 fully saturated rings. The molecule has 0 aliphatic carbocycles. The predicted octanol–water partition coefficient (Wildman–Crippen LogP) is 3.72.